The fraction of sp³-hybridized carbons (Fsp3) is 0.375. The van der Waals surface area contributed by atoms with Crippen molar-refractivity contribution in [3.8, 4) is 11.4 Å². The molecule has 3 N–H and O–H groups in total. The number of carbonyl (C=O) groups excluding carboxylic acids is 1. The van der Waals surface area contributed by atoms with Crippen LogP contribution < -0.4 is 10.6 Å². The number of rotatable bonds is 3. The maximum Gasteiger partial charge on any atom is 0.267 e. The molecule has 2 aromatic rings. The Kier molecular flexibility index (Phi) is 3.18. The van der Waals surface area contributed by atoms with Crippen LogP contribution in [0.25, 0.3) is 11.4 Å². The zero-order chi connectivity index (χ0) is 15.1. The van der Waals surface area contributed by atoms with Gasteiger partial charge in [-0.1, -0.05) is 6.07 Å². The molecule has 4 rings (SSSR count). The van der Waals surface area contributed by atoms with Gasteiger partial charge in [0.25, 0.3) is 5.91 Å². The number of aromatic amines is 1. The zero-order valence-corrected chi connectivity index (χ0v) is 12.0. The van der Waals surface area contributed by atoms with Gasteiger partial charge in [0.15, 0.2) is 0 Å². The Morgan fingerprint density at radius 3 is 2.91 bits per heavy atom. The van der Waals surface area contributed by atoms with Gasteiger partial charge in [-0.15, -0.1) is 0 Å². The summed E-state index contributed by atoms with van der Waals surface area (Å²) in [7, 11) is 0. The standard InChI is InChI=1S/C16H17FN4O/c17-15-3-1-2-10(20-15)11-6-7-13(19-11)16(22)21-14-8-9-4-5-12(14)18-9/h1-3,6-7,9,12,14,18-19H,4-5,8H2,(H,21,22)/t9-,12+,14-/m1/s1. The van der Waals surface area contributed by atoms with E-state index in [1.54, 1.807) is 24.3 Å². The normalized spacial score (nSPS) is 26.3. The molecule has 114 valence electrons. The molecule has 2 aliphatic heterocycles. The van der Waals surface area contributed by atoms with Gasteiger partial charge in [0.1, 0.15) is 5.69 Å². The number of fused-ring (bicyclic) bond motifs is 2. The van der Waals surface area contributed by atoms with E-state index in [0.29, 0.717) is 29.2 Å². The van der Waals surface area contributed by atoms with Gasteiger partial charge in [-0.2, -0.15) is 4.39 Å². The summed E-state index contributed by atoms with van der Waals surface area (Å²) in [6.07, 6.45) is 3.32. The average Bonchev–Trinajstić information content (AvgIpc) is 3.23. The van der Waals surface area contributed by atoms with E-state index in [0.717, 1.165) is 12.8 Å². The van der Waals surface area contributed by atoms with E-state index in [2.05, 4.69) is 20.6 Å². The first-order valence-corrected chi connectivity index (χ1v) is 7.58. The van der Waals surface area contributed by atoms with Gasteiger partial charge in [0.2, 0.25) is 5.95 Å². The summed E-state index contributed by atoms with van der Waals surface area (Å²) in [6, 6.07) is 9.19. The first kappa shape index (κ1) is 13.5. The molecule has 2 saturated heterocycles. The third kappa shape index (κ3) is 2.39. The van der Waals surface area contributed by atoms with Crippen molar-refractivity contribution in [2.24, 2.45) is 0 Å². The summed E-state index contributed by atoms with van der Waals surface area (Å²) in [6.45, 7) is 0. The van der Waals surface area contributed by atoms with E-state index in [1.807, 2.05) is 0 Å². The van der Waals surface area contributed by atoms with Crippen molar-refractivity contribution < 1.29 is 9.18 Å². The fourth-order valence-corrected chi connectivity index (χ4v) is 3.47. The van der Waals surface area contributed by atoms with Gasteiger partial charge in [0, 0.05) is 18.1 Å². The van der Waals surface area contributed by atoms with Crippen molar-refractivity contribution in [2.75, 3.05) is 0 Å². The van der Waals surface area contributed by atoms with Crippen LogP contribution >= 0.6 is 0 Å². The fourth-order valence-electron chi connectivity index (χ4n) is 3.47. The topological polar surface area (TPSA) is 69.8 Å². The molecule has 2 aromatic heterocycles. The molecule has 0 unspecified atom stereocenters. The quantitative estimate of drug-likeness (QED) is 0.758. The summed E-state index contributed by atoms with van der Waals surface area (Å²) in [4.78, 5) is 19.1. The highest BCUT2D eigenvalue weighted by molar-refractivity contribution is 5.93. The third-order valence-corrected chi connectivity index (χ3v) is 4.54. The first-order valence-electron chi connectivity index (χ1n) is 7.58. The Hall–Kier alpha value is -2.21. The Morgan fingerprint density at radius 1 is 1.27 bits per heavy atom. The SMILES string of the molecule is O=C(N[C@@H]1C[C@H]2CC[C@@H]1N2)c1ccc(-c2cccc(F)n2)[nH]1. The number of H-pyrrole nitrogens is 1. The summed E-state index contributed by atoms with van der Waals surface area (Å²) >= 11 is 0. The van der Waals surface area contributed by atoms with Crippen molar-refractivity contribution in [3.63, 3.8) is 0 Å². The summed E-state index contributed by atoms with van der Waals surface area (Å²) in [5, 5.41) is 6.57. The van der Waals surface area contributed by atoms with Crippen LogP contribution in [0.3, 0.4) is 0 Å². The van der Waals surface area contributed by atoms with Crippen LogP contribution in [0.1, 0.15) is 29.8 Å². The third-order valence-electron chi connectivity index (χ3n) is 4.54. The van der Waals surface area contributed by atoms with Crippen molar-refractivity contribution in [2.45, 2.75) is 37.4 Å². The van der Waals surface area contributed by atoms with E-state index >= 15 is 0 Å². The minimum absolute atomic E-state index is 0.123. The van der Waals surface area contributed by atoms with Crippen LogP contribution in [-0.2, 0) is 0 Å². The van der Waals surface area contributed by atoms with Crippen LogP contribution in [0, 0.1) is 5.95 Å². The Balaban J connectivity index is 1.48. The van der Waals surface area contributed by atoms with Crippen LogP contribution in [-0.4, -0.2) is 34.0 Å². The smallest absolute Gasteiger partial charge is 0.267 e. The number of pyridine rings is 1. The lowest BCUT2D eigenvalue weighted by Crippen LogP contribution is -2.43. The molecule has 6 heteroatoms. The van der Waals surface area contributed by atoms with E-state index < -0.39 is 5.95 Å². The van der Waals surface area contributed by atoms with Crippen LogP contribution in [0.2, 0.25) is 0 Å². The highest BCUT2D eigenvalue weighted by Gasteiger charge is 2.39. The average molecular weight is 300 g/mol. The summed E-state index contributed by atoms with van der Waals surface area (Å²) < 4.78 is 13.2. The lowest BCUT2D eigenvalue weighted by molar-refractivity contribution is 0.0926. The van der Waals surface area contributed by atoms with E-state index in [9.17, 15) is 9.18 Å². The molecule has 2 aliphatic rings. The molecular weight excluding hydrogens is 283 g/mol. The van der Waals surface area contributed by atoms with Crippen molar-refractivity contribution in [3.05, 3.63) is 42.0 Å². The highest BCUT2D eigenvalue weighted by atomic mass is 19.1. The second kappa shape index (κ2) is 5.21. The van der Waals surface area contributed by atoms with Gasteiger partial charge in [-0.3, -0.25) is 4.79 Å². The molecule has 0 spiro atoms. The van der Waals surface area contributed by atoms with Gasteiger partial charge < -0.3 is 15.6 Å². The van der Waals surface area contributed by atoms with Gasteiger partial charge >= 0.3 is 0 Å². The molecule has 0 aliphatic carbocycles. The molecule has 4 heterocycles. The molecule has 22 heavy (non-hydrogen) atoms. The van der Waals surface area contributed by atoms with Crippen LogP contribution in [0.5, 0.6) is 0 Å². The Bertz CT molecular complexity index is 714. The number of nitrogens with one attached hydrogen (secondary N) is 3. The molecule has 3 atom stereocenters. The number of hydrogen-bond donors (Lipinski definition) is 3. The monoisotopic (exact) mass is 300 g/mol. The zero-order valence-electron chi connectivity index (χ0n) is 12.0. The Labute approximate surface area is 127 Å². The molecular formula is C16H17FN4O. The lowest BCUT2D eigenvalue weighted by Gasteiger charge is -2.21. The van der Waals surface area contributed by atoms with Crippen LogP contribution in [0.15, 0.2) is 30.3 Å². The molecule has 2 bridgehead atoms. The number of amides is 1. The largest absolute Gasteiger partial charge is 0.349 e. The van der Waals surface area contributed by atoms with Crippen LogP contribution in [0.4, 0.5) is 4.39 Å². The number of halogens is 1. The molecule has 2 fully saturated rings. The molecule has 0 aromatic carbocycles. The lowest BCUT2D eigenvalue weighted by atomic mass is 9.95. The number of carbonyl (C=O) groups is 1. The van der Waals surface area contributed by atoms with Crippen molar-refractivity contribution in [1.29, 1.82) is 0 Å². The van der Waals surface area contributed by atoms with E-state index in [-0.39, 0.29) is 11.9 Å². The maximum absolute atomic E-state index is 13.2. The number of hydrogen-bond acceptors (Lipinski definition) is 3. The summed E-state index contributed by atoms with van der Waals surface area (Å²) in [5.41, 5.74) is 1.60. The van der Waals surface area contributed by atoms with Crippen molar-refractivity contribution in [1.82, 2.24) is 20.6 Å². The Morgan fingerprint density at radius 2 is 2.18 bits per heavy atom. The van der Waals surface area contributed by atoms with Gasteiger partial charge in [-0.05, 0) is 43.5 Å². The second-order valence-corrected chi connectivity index (χ2v) is 5.99. The maximum atomic E-state index is 13.2. The predicted molar refractivity (Wildman–Crippen MR) is 79.8 cm³/mol. The molecule has 1 amide bonds. The van der Waals surface area contributed by atoms with Gasteiger partial charge in [0.05, 0.1) is 11.4 Å². The molecule has 0 radical (unpaired) electrons. The van der Waals surface area contributed by atoms with Gasteiger partial charge in [-0.25, -0.2) is 4.98 Å². The number of nitrogens with zero attached hydrogens (tertiary/aromatic N) is 1. The molecule has 0 saturated carbocycles. The minimum atomic E-state index is -0.536. The first-order chi connectivity index (χ1) is 10.7. The molecule has 5 nitrogen and oxygen atoms in total. The predicted octanol–water partition coefficient (Wildman–Crippen LogP) is 1.84. The minimum Gasteiger partial charge on any atom is -0.349 e. The summed E-state index contributed by atoms with van der Waals surface area (Å²) in [5.74, 6) is -0.659. The second-order valence-electron chi connectivity index (χ2n) is 5.99. The van der Waals surface area contributed by atoms with Crippen molar-refractivity contribution >= 4 is 5.91 Å². The van der Waals surface area contributed by atoms with E-state index in [1.165, 1.54) is 12.5 Å². The van der Waals surface area contributed by atoms with E-state index in [4.69, 9.17) is 0 Å². The highest BCUT2D eigenvalue weighted by Crippen LogP contribution is 2.28. The number of aromatic nitrogens is 2.